The van der Waals surface area contributed by atoms with Crippen molar-refractivity contribution in [1.82, 2.24) is 5.16 Å². The second-order valence-corrected chi connectivity index (χ2v) is 3.77. The maximum absolute atomic E-state index is 13.3. The Hall–Kier alpha value is -2.51. The summed E-state index contributed by atoms with van der Waals surface area (Å²) in [4.78, 5) is 10.1. The number of nitrogen functional groups attached to an aromatic ring is 1. The molecule has 0 radical (unpaired) electrons. The van der Waals surface area contributed by atoms with Crippen LogP contribution in [0.2, 0.25) is 0 Å². The lowest BCUT2D eigenvalue weighted by molar-refractivity contribution is -0.384. The van der Waals surface area contributed by atoms with Gasteiger partial charge in [-0.05, 0) is 12.5 Å². The highest BCUT2D eigenvalue weighted by molar-refractivity contribution is 5.75. The molecule has 0 fully saturated rings. The molecule has 1 aromatic carbocycles. The number of nitrogens with two attached hydrogens (primary N) is 1. The fourth-order valence-corrected chi connectivity index (χ4v) is 1.75. The first-order valence-electron chi connectivity index (χ1n) is 5.33. The van der Waals surface area contributed by atoms with E-state index >= 15 is 0 Å². The maximum atomic E-state index is 13.3. The van der Waals surface area contributed by atoms with E-state index in [0.717, 1.165) is 0 Å². The van der Waals surface area contributed by atoms with Gasteiger partial charge in [0, 0.05) is 5.56 Å². The number of hydrogen-bond acceptors (Lipinski definition) is 5. The van der Waals surface area contributed by atoms with Gasteiger partial charge >= 0.3 is 0 Å². The van der Waals surface area contributed by atoms with Gasteiger partial charge in [0.05, 0.1) is 16.6 Å². The predicted molar refractivity (Wildman–Crippen MR) is 62.3 cm³/mol. The van der Waals surface area contributed by atoms with Crippen LogP contribution in [0.15, 0.2) is 16.7 Å². The van der Waals surface area contributed by atoms with Crippen molar-refractivity contribution in [3.8, 4) is 11.3 Å². The molecule has 0 saturated carbocycles. The van der Waals surface area contributed by atoms with Crippen LogP contribution in [-0.4, -0.2) is 10.1 Å². The number of hydrogen-bond donors (Lipinski definition) is 1. The van der Waals surface area contributed by atoms with E-state index in [2.05, 4.69) is 5.16 Å². The molecule has 0 aliphatic heterocycles. The number of anilines is 1. The van der Waals surface area contributed by atoms with Gasteiger partial charge in [-0.3, -0.25) is 10.1 Å². The van der Waals surface area contributed by atoms with Crippen molar-refractivity contribution in [1.29, 1.82) is 0 Å². The van der Waals surface area contributed by atoms with Crippen molar-refractivity contribution in [2.75, 3.05) is 5.73 Å². The van der Waals surface area contributed by atoms with Gasteiger partial charge in [0.2, 0.25) is 5.88 Å². The Bertz CT molecular complexity index is 655. The van der Waals surface area contributed by atoms with Crippen molar-refractivity contribution in [3.63, 3.8) is 0 Å². The molecule has 0 bridgehead atoms. The first-order chi connectivity index (χ1) is 8.95. The van der Waals surface area contributed by atoms with Crippen LogP contribution in [0.5, 0.6) is 0 Å². The first-order valence-corrected chi connectivity index (χ1v) is 5.33. The summed E-state index contributed by atoms with van der Waals surface area (Å²) in [7, 11) is 0. The minimum Gasteiger partial charge on any atom is -0.367 e. The molecule has 2 N–H and O–H groups in total. The smallest absolute Gasteiger partial charge is 0.282 e. The van der Waals surface area contributed by atoms with Gasteiger partial charge in [-0.15, -0.1) is 0 Å². The second-order valence-electron chi connectivity index (χ2n) is 3.77. The zero-order chi connectivity index (χ0) is 14.2. The van der Waals surface area contributed by atoms with E-state index in [-0.39, 0.29) is 17.1 Å². The molecule has 0 amide bonds. The number of benzene rings is 1. The topological polar surface area (TPSA) is 95.2 Å². The van der Waals surface area contributed by atoms with Crippen LogP contribution >= 0.6 is 0 Å². The summed E-state index contributed by atoms with van der Waals surface area (Å²) in [5.41, 5.74) is 5.21. The molecule has 0 saturated heterocycles. The van der Waals surface area contributed by atoms with E-state index in [1.165, 1.54) is 0 Å². The van der Waals surface area contributed by atoms with E-state index in [9.17, 15) is 18.9 Å². The quantitative estimate of drug-likeness (QED) is 0.682. The summed E-state index contributed by atoms with van der Waals surface area (Å²) < 4.78 is 31.1. The Kier molecular flexibility index (Phi) is 3.16. The SMILES string of the molecule is CCc1c(-c2cc(F)c(F)cc2[N+](=O)[O-])noc1N. The van der Waals surface area contributed by atoms with Gasteiger partial charge in [-0.25, -0.2) is 8.78 Å². The van der Waals surface area contributed by atoms with E-state index in [4.69, 9.17) is 10.3 Å². The summed E-state index contributed by atoms with van der Waals surface area (Å²) in [6.45, 7) is 1.73. The van der Waals surface area contributed by atoms with Crippen LogP contribution in [0.4, 0.5) is 20.4 Å². The highest BCUT2D eigenvalue weighted by atomic mass is 19.2. The van der Waals surface area contributed by atoms with Gasteiger partial charge in [0.15, 0.2) is 11.6 Å². The zero-order valence-corrected chi connectivity index (χ0v) is 9.81. The molecule has 0 atom stereocenters. The standard InChI is InChI=1S/C11H9F2N3O3/c1-2-5-10(15-19-11(5)14)6-3-7(12)8(13)4-9(6)16(17)18/h3-4H,2,14H2,1H3. The first kappa shape index (κ1) is 12.9. The van der Waals surface area contributed by atoms with Gasteiger partial charge in [-0.1, -0.05) is 12.1 Å². The van der Waals surface area contributed by atoms with Crippen LogP contribution in [0.1, 0.15) is 12.5 Å². The third kappa shape index (κ3) is 2.12. The molecule has 0 aliphatic rings. The molecule has 2 aromatic rings. The van der Waals surface area contributed by atoms with Crippen LogP contribution < -0.4 is 5.73 Å². The molecule has 0 aliphatic carbocycles. The molecule has 0 spiro atoms. The minimum absolute atomic E-state index is 0.00321. The second kappa shape index (κ2) is 4.63. The van der Waals surface area contributed by atoms with E-state index in [1.54, 1.807) is 6.92 Å². The van der Waals surface area contributed by atoms with E-state index in [1.807, 2.05) is 0 Å². The third-order valence-corrected chi connectivity index (χ3v) is 2.66. The normalized spacial score (nSPS) is 10.7. The summed E-state index contributed by atoms with van der Waals surface area (Å²) in [6.07, 6.45) is 0.390. The van der Waals surface area contributed by atoms with E-state index < -0.39 is 22.2 Å². The Morgan fingerprint density at radius 1 is 1.42 bits per heavy atom. The third-order valence-electron chi connectivity index (χ3n) is 2.66. The van der Waals surface area contributed by atoms with Gasteiger partial charge < -0.3 is 10.3 Å². The number of halogens is 2. The summed E-state index contributed by atoms with van der Waals surface area (Å²) in [6, 6.07) is 1.22. The fourth-order valence-electron chi connectivity index (χ4n) is 1.75. The van der Waals surface area contributed by atoms with Gasteiger partial charge in [-0.2, -0.15) is 0 Å². The van der Waals surface area contributed by atoms with Gasteiger partial charge in [0.1, 0.15) is 5.69 Å². The Morgan fingerprint density at radius 3 is 2.63 bits per heavy atom. The van der Waals surface area contributed by atoms with Crippen LogP contribution in [0.25, 0.3) is 11.3 Å². The molecule has 8 heteroatoms. The molecule has 0 unspecified atom stereocenters. The highest BCUT2D eigenvalue weighted by Crippen LogP contribution is 2.35. The van der Waals surface area contributed by atoms with Crippen molar-refractivity contribution in [3.05, 3.63) is 39.4 Å². The predicted octanol–water partition coefficient (Wildman–Crippen LogP) is 2.67. The van der Waals surface area contributed by atoms with Crippen molar-refractivity contribution in [2.24, 2.45) is 0 Å². The van der Waals surface area contributed by atoms with Crippen LogP contribution in [-0.2, 0) is 6.42 Å². The molecule has 2 rings (SSSR count). The average molecular weight is 269 g/mol. The van der Waals surface area contributed by atoms with Crippen LogP contribution in [0.3, 0.4) is 0 Å². The van der Waals surface area contributed by atoms with Crippen molar-refractivity contribution < 1.29 is 18.2 Å². The molecule has 19 heavy (non-hydrogen) atoms. The lowest BCUT2D eigenvalue weighted by atomic mass is 10.0. The number of aromatic nitrogens is 1. The average Bonchev–Trinajstić information content (AvgIpc) is 2.72. The highest BCUT2D eigenvalue weighted by Gasteiger charge is 2.25. The number of rotatable bonds is 3. The Labute approximate surface area is 106 Å². The van der Waals surface area contributed by atoms with E-state index in [0.29, 0.717) is 24.1 Å². The zero-order valence-electron chi connectivity index (χ0n) is 9.81. The molecular weight excluding hydrogens is 260 g/mol. The summed E-state index contributed by atoms with van der Waals surface area (Å²) in [5, 5.41) is 14.5. The maximum Gasteiger partial charge on any atom is 0.282 e. The molecule has 1 aromatic heterocycles. The minimum atomic E-state index is -1.30. The molecule has 100 valence electrons. The summed E-state index contributed by atoms with van der Waals surface area (Å²) >= 11 is 0. The number of nitrogens with zero attached hydrogens (tertiary/aromatic N) is 2. The number of nitro groups is 1. The summed E-state index contributed by atoms with van der Waals surface area (Å²) in [5.74, 6) is -2.51. The van der Waals surface area contributed by atoms with Gasteiger partial charge in [0.25, 0.3) is 5.69 Å². The molecule has 1 heterocycles. The van der Waals surface area contributed by atoms with Crippen molar-refractivity contribution >= 4 is 11.6 Å². The fraction of sp³-hybridized carbons (Fsp3) is 0.182. The lowest BCUT2D eigenvalue weighted by Gasteiger charge is -2.02. The molecule has 6 nitrogen and oxygen atoms in total. The lowest BCUT2D eigenvalue weighted by Crippen LogP contribution is -1.98. The Balaban J connectivity index is 2.73. The van der Waals surface area contributed by atoms with Crippen LogP contribution in [0, 0.1) is 21.7 Å². The molecular formula is C11H9F2N3O3. The monoisotopic (exact) mass is 269 g/mol. The number of nitro benzene ring substituents is 1. The van der Waals surface area contributed by atoms with Crippen molar-refractivity contribution in [2.45, 2.75) is 13.3 Å². The largest absolute Gasteiger partial charge is 0.367 e. The Morgan fingerprint density at radius 2 is 2.05 bits per heavy atom.